The topological polar surface area (TPSA) is 212 Å². The first-order valence-electron chi connectivity index (χ1n) is 12.1. The molecule has 7 N–H and O–H groups in total. The highest BCUT2D eigenvalue weighted by Gasteiger charge is 2.67. The average molecular weight is 670 g/mol. The number of alkyl halides is 4. The molecule has 0 aliphatic rings. The first-order chi connectivity index (χ1) is 21.1. The van der Waals surface area contributed by atoms with Crippen LogP contribution in [-0.2, 0) is 19.6 Å². The maximum absolute atomic E-state index is 13.5. The molecular weight excluding hydrogens is 650 g/mol. The highest BCUT2D eigenvalue weighted by molar-refractivity contribution is 7.92. The number of amides is 3. The van der Waals surface area contributed by atoms with Crippen LogP contribution in [0.25, 0.3) is 5.69 Å². The second kappa shape index (κ2) is 12.6. The van der Waals surface area contributed by atoms with Gasteiger partial charge in [0.2, 0.25) is 4.77 Å². The molecule has 0 atom stereocenters. The lowest BCUT2D eigenvalue weighted by Crippen LogP contribution is -2.57. The van der Waals surface area contributed by atoms with Crippen LogP contribution in [0.1, 0.15) is 0 Å². The quantitative estimate of drug-likeness (QED) is 0.0701. The Hall–Kier alpha value is -5.57. The Morgan fingerprint density at radius 2 is 1.44 bits per heavy atom. The number of anilines is 4. The number of rotatable bonds is 11. The molecule has 0 saturated heterocycles. The van der Waals surface area contributed by atoms with Crippen molar-refractivity contribution >= 4 is 62.9 Å². The predicted molar refractivity (Wildman–Crippen MR) is 152 cm³/mol. The maximum atomic E-state index is 13.5. The van der Waals surface area contributed by atoms with Gasteiger partial charge in [0.15, 0.2) is 0 Å². The lowest BCUT2D eigenvalue weighted by molar-refractivity contribution is -0.222. The summed E-state index contributed by atoms with van der Waals surface area (Å²) in [5.74, 6) is -17.1. The molecule has 3 amide bonds. The van der Waals surface area contributed by atoms with E-state index in [1.54, 1.807) is 24.3 Å². The zero-order valence-electron chi connectivity index (χ0n) is 22.1. The summed E-state index contributed by atoms with van der Waals surface area (Å²) in [6.07, 6.45) is 0. The molecule has 0 saturated carbocycles. The molecule has 0 spiro atoms. The van der Waals surface area contributed by atoms with Gasteiger partial charge >= 0.3 is 29.8 Å². The summed E-state index contributed by atoms with van der Waals surface area (Å²) < 4.78 is 83.1. The molecule has 4 rings (SSSR count). The smallest absolute Gasteiger partial charge is 0.413 e. The van der Waals surface area contributed by atoms with Crippen LogP contribution in [0.2, 0.25) is 0 Å². The van der Waals surface area contributed by atoms with Gasteiger partial charge < -0.3 is 15.7 Å². The molecule has 1 heterocycles. The highest BCUT2D eigenvalue weighted by atomic mass is 32.2. The number of aromatic amines is 1. The van der Waals surface area contributed by atoms with Crippen LogP contribution in [0.3, 0.4) is 0 Å². The van der Waals surface area contributed by atoms with E-state index in [4.69, 9.17) is 17.3 Å². The zero-order chi connectivity index (χ0) is 33.0. The molecule has 45 heavy (non-hydrogen) atoms. The van der Waals surface area contributed by atoms with Gasteiger partial charge in [0.1, 0.15) is 0 Å². The van der Waals surface area contributed by atoms with E-state index in [9.17, 15) is 40.4 Å². The number of aliphatic carboxylic acids is 1. The fourth-order valence-electron chi connectivity index (χ4n) is 3.44. The Morgan fingerprint density at radius 1 is 0.844 bits per heavy atom. The summed E-state index contributed by atoms with van der Waals surface area (Å²) in [6.45, 7) is 0. The van der Waals surface area contributed by atoms with Crippen LogP contribution < -0.4 is 26.2 Å². The first kappa shape index (κ1) is 32.3. The van der Waals surface area contributed by atoms with E-state index in [0.29, 0.717) is 11.4 Å². The van der Waals surface area contributed by atoms with Gasteiger partial charge in [-0.3, -0.25) is 20.4 Å². The minimum absolute atomic E-state index is 0.0295. The number of halogens is 4. The number of tetrazole rings is 1. The van der Waals surface area contributed by atoms with Crippen molar-refractivity contribution in [2.24, 2.45) is 0 Å². The maximum Gasteiger partial charge on any atom is 0.413 e. The number of carbonyl (C=O) groups excluding carboxylic acids is 2. The second-order valence-corrected chi connectivity index (χ2v) is 10.8. The first-order valence-corrected chi connectivity index (χ1v) is 14.0. The number of carbonyl (C=O) groups is 3. The fraction of sp³-hybridized carbons (Fsp3) is 0.0833. The van der Waals surface area contributed by atoms with Crippen molar-refractivity contribution in [2.45, 2.75) is 16.7 Å². The summed E-state index contributed by atoms with van der Waals surface area (Å²) in [6, 6.07) is 15.5. The van der Waals surface area contributed by atoms with Crippen LogP contribution in [0.15, 0.2) is 77.7 Å². The Bertz CT molecular complexity index is 1920. The predicted octanol–water partition coefficient (Wildman–Crippen LogP) is 3.57. The van der Waals surface area contributed by atoms with Crippen molar-refractivity contribution in [1.29, 1.82) is 0 Å². The minimum Gasteiger partial charge on any atom is -0.477 e. The number of hydrogen-bond acceptors (Lipinski definition) is 9. The van der Waals surface area contributed by atoms with E-state index in [1.165, 1.54) is 34.4 Å². The summed E-state index contributed by atoms with van der Waals surface area (Å²) in [7, 11) is -4.23. The monoisotopic (exact) mass is 669 g/mol. The Morgan fingerprint density at radius 3 is 2.04 bits per heavy atom. The number of sulfonamides is 1. The van der Waals surface area contributed by atoms with E-state index < -0.39 is 39.8 Å². The Labute approximate surface area is 254 Å². The third-order valence-corrected chi connectivity index (χ3v) is 7.28. The van der Waals surface area contributed by atoms with Crippen molar-refractivity contribution in [3.05, 3.63) is 77.6 Å². The fourth-order valence-corrected chi connectivity index (χ4v) is 4.73. The van der Waals surface area contributed by atoms with Gasteiger partial charge in [0.25, 0.3) is 10.0 Å². The molecule has 3 aromatic carbocycles. The number of aromatic nitrogens is 4. The number of hydrogen-bond donors (Lipinski definition) is 7. The second-order valence-electron chi connectivity index (χ2n) is 8.79. The van der Waals surface area contributed by atoms with Crippen LogP contribution in [0, 0.1) is 4.77 Å². The minimum atomic E-state index is -5.67. The van der Waals surface area contributed by atoms with Gasteiger partial charge in [0, 0.05) is 17.1 Å². The number of carboxylic acid groups (broad SMARTS) is 1. The van der Waals surface area contributed by atoms with Gasteiger partial charge in [-0.25, -0.2) is 22.7 Å². The number of urea groups is 1. The van der Waals surface area contributed by atoms with Gasteiger partial charge in [0.05, 0.1) is 16.3 Å². The lowest BCUT2D eigenvalue weighted by atomic mass is 10.1. The molecule has 0 unspecified atom stereocenters. The van der Waals surface area contributed by atoms with E-state index in [0.717, 1.165) is 24.3 Å². The largest absolute Gasteiger partial charge is 0.477 e. The summed E-state index contributed by atoms with van der Waals surface area (Å²) >= 11 is 5.05. The van der Waals surface area contributed by atoms with Gasteiger partial charge in [-0.15, -0.1) is 0 Å². The van der Waals surface area contributed by atoms with Crippen molar-refractivity contribution in [1.82, 2.24) is 25.6 Å². The molecule has 0 bridgehead atoms. The van der Waals surface area contributed by atoms with E-state index in [1.807, 2.05) is 5.43 Å². The molecule has 21 heteroatoms. The van der Waals surface area contributed by atoms with Crippen LogP contribution in [0.5, 0.6) is 0 Å². The third kappa shape index (κ3) is 7.33. The summed E-state index contributed by atoms with van der Waals surface area (Å²) in [5.41, 5.74) is 4.02. The van der Waals surface area contributed by atoms with Gasteiger partial charge in [-0.1, -0.05) is 22.4 Å². The normalized spacial score (nSPS) is 11.7. The van der Waals surface area contributed by atoms with Crippen molar-refractivity contribution in [3.63, 3.8) is 0 Å². The van der Waals surface area contributed by atoms with Crippen molar-refractivity contribution in [3.8, 4) is 5.69 Å². The molecule has 236 valence electrons. The number of nitrogens with one attached hydrogen (secondary N) is 6. The molecule has 0 aliphatic carbocycles. The number of hydrazine groups is 1. The summed E-state index contributed by atoms with van der Waals surface area (Å²) in [5, 5.41) is 23.2. The molecule has 1 aromatic heterocycles. The lowest BCUT2D eigenvalue weighted by Gasteiger charge is -2.22. The van der Waals surface area contributed by atoms with Crippen LogP contribution in [0.4, 0.5) is 45.1 Å². The number of nitrogens with zero attached hydrogens (tertiary/aromatic N) is 3. The molecule has 15 nitrogen and oxygen atoms in total. The van der Waals surface area contributed by atoms with Gasteiger partial charge in [-0.05, 0) is 72.9 Å². The number of benzene rings is 3. The van der Waals surface area contributed by atoms with Crippen LogP contribution >= 0.6 is 12.2 Å². The van der Waals surface area contributed by atoms with E-state index >= 15 is 0 Å². The number of carboxylic acids is 1. The third-order valence-electron chi connectivity index (χ3n) is 5.64. The summed E-state index contributed by atoms with van der Waals surface area (Å²) in [4.78, 5) is 34.2. The van der Waals surface area contributed by atoms with Crippen molar-refractivity contribution < 1.29 is 45.5 Å². The molecular formula is C24H19F4N9O6S2. The highest BCUT2D eigenvalue weighted by Crippen LogP contribution is 2.34. The standard InChI is InChI=1S/C24H19F4N9O6S2/c25-23(26,24(27,28)20(39)40)19(38)32-31-13-7-9-14(10-8-13)34-45(42,43)18-6-2-4-16(12-18)30-21(41)29-15-3-1-5-17(11-15)37-22(44)33-35-36-37/h1-12,31,34H,(H,32,38)(H,39,40)(H2,29,30,41)(H,33,36,44). The van der Waals surface area contributed by atoms with Gasteiger partial charge in [-0.2, -0.15) is 22.8 Å². The Kier molecular flexibility index (Phi) is 9.04. The molecule has 0 fully saturated rings. The SMILES string of the molecule is O=C(Nc1cccc(-n2[nH]nnc2=S)c1)Nc1cccc(S(=O)(=O)Nc2ccc(NNC(=O)C(F)(F)C(F)(F)C(=O)O)cc2)c1. The Balaban J connectivity index is 1.36. The van der Waals surface area contributed by atoms with E-state index in [2.05, 4.69) is 30.9 Å². The number of H-pyrrole nitrogens is 1. The average Bonchev–Trinajstić information content (AvgIpc) is 3.42. The zero-order valence-corrected chi connectivity index (χ0v) is 23.7. The van der Waals surface area contributed by atoms with Crippen molar-refractivity contribution in [2.75, 3.05) is 20.8 Å². The molecule has 0 aliphatic heterocycles. The molecule has 0 radical (unpaired) electrons. The van der Waals surface area contributed by atoms with E-state index in [-0.39, 0.29) is 26.7 Å². The van der Waals surface area contributed by atoms with Crippen LogP contribution in [-0.4, -0.2) is 63.5 Å². The molecule has 4 aromatic rings.